The Labute approximate surface area is 119 Å². The van der Waals surface area contributed by atoms with Crippen molar-refractivity contribution >= 4 is 33.7 Å². The van der Waals surface area contributed by atoms with Gasteiger partial charge in [-0.25, -0.2) is 8.78 Å². The van der Waals surface area contributed by atoms with E-state index >= 15 is 0 Å². The van der Waals surface area contributed by atoms with Crippen molar-refractivity contribution < 1.29 is 8.78 Å². The average molecular weight is 290 g/mol. The first-order chi connectivity index (χ1) is 9.63. The topological polar surface area (TPSA) is 12.0 Å². The van der Waals surface area contributed by atoms with Gasteiger partial charge >= 0.3 is 0 Å². The lowest BCUT2D eigenvalue weighted by molar-refractivity contribution is 0.509. The minimum Gasteiger partial charge on any atom is -0.354 e. The molecule has 0 atom stereocenters. The van der Waals surface area contributed by atoms with Crippen molar-refractivity contribution in [2.75, 3.05) is 5.32 Å². The van der Waals surface area contributed by atoms with E-state index in [0.717, 1.165) is 22.9 Å². The smallest absolute Gasteiger partial charge is 0.160 e. The van der Waals surface area contributed by atoms with Crippen LogP contribution < -0.4 is 5.32 Å². The number of anilines is 2. The zero-order valence-electron chi connectivity index (χ0n) is 10.3. The predicted octanol–water partition coefficient (Wildman–Crippen LogP) is 5.52. The van der Waals surface area contributed by atoms with Crippen LogP contribution in [0.1, 0.15) is 0 Å². The summed E-state index contributed by atoms with van der Waals surface area (Å²) in [6, 6.07) is 15.1. The van der Waals surface area contributed by atoms with Gasteiger partial charge < -0.3 is 5.32 Å². The van der Waals surface area contributed by atoms with Crippen LogP contribution in [0.5, 0.6) is 0 Å². The maximum atomic E-state index is 13.2. The third-order valence-electron chi connectivity index (χ3n) is 3.03. The van der Waals surface area contributed by atoms with Gasteiger partial charge in [-0.3, -0.25) is 0 Å². The molecule has 100 valence electrons. The minimum absolute atomic E-state index is 0.445. The molecule has 0 fully saturated rings. The summed E-state index contributed by atoms with van der Waals surface area (Å²) in [5.41, 5.74) is 1.09. The summed E-state index contributed by atoms with van der Waals surface area (Å²) in [7, 11) is 0. The van der Waals surface area contributed by atoms with E-state index in [4.69, 9.17) is 11.6 Å². The summed E-state index contributed by atoms with van der Waals surface area (Å²) in [5, 5.41) is 5.55. The zero-order valence-corrected chi connectivity index (χ0v) is 11.1. The highest BCUT2D eigenvalue weighted by Gasteiger charge is 2.06. The molecule has 0 aliphatic carbocycles. The number of benzene rings is 3. The van der Waals surface area contributed by atoms with E-state index in [0.29, 0.717) is 16.4 Å². The molecule has 0 saturated heterocycles. The van der Waals surface area contributed by atoms with Gasteiger partial charge in [-0.2, -0.15) is 0 Å². The molecule has 4 heteroatoms. The SMILES string of the molecule is Fc1ccc(Nc2cc3ccccc3cc2Cl)cc1F. The Hall–Kier alpha value is -2.13. The second kappa shape index (κ2) is 5.10. The van der Waals surface area contributed by atoms with Crippen molar-refractivity contribution in [2.45, 2.75) is 0 Å². The first-order valence-corrected chi connectivity index (χ1v) is 6.41. The van der Waals surface area contributed by atoms with Gasteiger partial charge in [0.1, 0.15) is 0 Å². The van der Waals surface area contributed by atoms with Crippen LogP contribution in [0, 0.1) is 11.6 Å². The molecule has 0 aliphatic heterocycles. The molecule has 3 aromatic carbocycles. The largest absolute Gasteiger partial charge is 0.354 e. The van der Waals surface area contributed by atoms with E-state index in [1.54, 1.807) is 0 Å². The Balaban J connectivity index is 2.01. The minimum atomic E-state index is -0.896. The fourth-order valence-electron chi connectivity index (χ4n) is 2.04. The number of fused-ring (bicyclic) bond motifs is 1. The Bertz CT molecular complexity index is 787. The summed E-state index contributed by atoms with van der Waals surface area (Å²) in [5.74, 6) is -1.77. The zero-order chi connectivity index (χ0) is 14.1. The molecule has 0 unspecified atom stereocenters. The highest BCUT2D eigenvalue weighted by molar-refractivity contribution is 6.34. The molecule has 20 heavy (non-hydrogen) atoms. The lowest BCUT2D eigenvalue weighted by atomic mass is 10.1. The molecule has 0 spiro atoms. The van der Waals surface area contributed by atoms with E-state index in [-0.39, 0.29) is 0 Å². The van der Waals surface area contributed by atoms with Gasteiger partial charge in [0.25, 0.3) is 0 Å². The number of hydrogen-bond acceptors (Lipinski definition) is 1. The van der Waals surface area contributed by atoms with Crippen LogP contribution in [0.3, 0.4) is 0 Å². The average Bonchev–Trinajstić information content (AvgIpc) is 2.44. The van der Waals surface area contributed by atoms with Crippen molar-refractivity contribution in [3.8, 4) is 0 Å². The fourth-order valence-corrected chi connectivity index (χ4v) is 2.26. The van der Waals surface area contributed by atoms with Crippen LogP contribution in [-0.2, 0) is 0 Å². The molecular weight excluding hydrogens is 280 g/mol. The molecule has 0 bridgehead atoms. The van der Waals surface area contributed by atoms with E-state index in [1.807, 2.05) is 36.4 Å². The van der Waals surface area contributed by atoms with Gasteiger partial charge in [-0.15, -0.1) is 0 Å². The third-order valence-corrected chi connectivity index (χ3v) is 3.35. The lowest BCUT2D eigenvalue weighted by Gasteiger charge is -2.10. The number of halogens is 3. The Morgan fingerprint density at radius 1 is 0.800 bits per heavy atom. The molecule has 3 aromatic rings. The normalized spacial score (nSPS) is 10.8. The summed E-state index contributed by atoms with van der Waals surface area (Å²) in [6.45, 7) is 0. The van der Waals surface area contributed by atoms with Crippen molar-refractivity contribution in [1.82, 2.24) is 0 Å². The standard InChI is InChI=1S/C16H10ClF2N/c17-13-7-10-3-1-2-4-11(10)8-16(13)20-12-5-6-14(18)15(19)9-12/h1-9,20H. The van der Waals surface area contributed by atoms with Gasteiger partial charge in [0.05, 0.1) is 10.7 Å². The van der Waals surface area contributed by atoms with Gasteiger partial charge in [-0.1, -0.05) is 35.9 Å². The quantitative estimate of drug-likeness (QED) is 0.655. The summed E-state index contributed by atoms with van der Waals surface area (Å²) >= 11 is 6.19. The predicted molar refractivity (Wildman–Crippen MR) is 78.6 cm³/mol. The number of nitrogens with one attached hydrogen (secondary N) is 1. The van der Waals surface area contributed by atoms with E-state index in [2.05, 4.69) is 5.32 Å². The number of hydrogen-bond donors (Lipinski definition) is 1. The summed E-state index contributed by atoms with van der Waals surface area (Å²) in [6.07, 6.45) is 0. The van der Waals surface area contributed by atoms with Crippen LogP contribution in [0.2, 0.25) is 5.02 Å². The maximum Gasteiger partial charge on any atom is 0.160 e. The van der Waals surface area contributed by atoms with Crippen LogP contribution in [0.4, 0.5) is 20.2 Å². The van der Waals surface area contributed by atoms with Crippen LogP contribution in [0.15, 0.2) is 54.6 Å². The summed E-state index contributed by atoms with van der Waals surface area (Å²) in [4.78, 5) is 0. The molecule has 0 aliphatic rings. The van der Waals surface area contributed by atoms with Crippen molar-refractivity contribution in [3.63, 3.8) is 0 Å². The van der Waals surface area contributed by atoms with Crippen molar-refractivity contribution in [2.24, 2.45) is 0 Å². The molecule has 0 heterocycles. The van der Waals surface area contributed by atoms with Crippen LogP contribution >= 0.6 is 11.6 Å². The molecule has 0 amide bonds. The monoisotopic (exact) mass is 289 g/mol. The second-order valence-corrected chi connectivity index (χ2v) is 4.84. The first kappa shape index (κ1) is 12.9. The second-order valence-electron chi connectivity index (χ2n) is 4.43. The van der Waals surface area contributed by atoms with Crippen molar-refractivity contribution in [1.29, 1.82) is 0 Å². The Morgan fingerprint density at radius 3 is 2.20 bits per heavy atom. The third kappa shape index (κ3) is 2.45. The van der Waals surface area contributed by atoms with Crippen LogP contribution in [0.25, 0.3) is 10.8 Å². The molecule has 0 aromatic heterocycles. The molecular formula is C16H10ClF2N. The molecule has 3 rings (SSSR count). The maximum absolute atomic E-state index is 13.2. The molecule has 0 radical (unpaired) electrons. The van der Waals surface area contributed by atoms with Gasteiger partial charge in [0.15, 0.2) is 11.6 Å². The molecule has 1 N–H and O–H groups in total. The van der Waals surface area contributed by atoms with Gasteiger partial charge in [0.2, 0.25) is 0 Å². The molecule has 0 saturated carbocycles. The van der Waals surface area contributed by atoms with E-state index in [9.17, 15) is 8.78 Å². The van der Waals surface area contributed by atoms with Crippen LogP contribution in [-0.4, -0.2) is 0 Å². The number of rotatable bonds is 2. The highest BCUT2D eigenvalue weighted by atomic mass is 35.5. The first-order valence-electron chi connectivity index (χ1n) is 6.04. The van der Waals surface area contributed by atoms with Gasteiger partial charge in [0, 0.05) is 11.8 Å². The highest BCUT2D eigenvalue weighted by Crippen LogP contribution is 2.30. The molecule has 1 nitrogen and oxygen atoms in total. The van der Waals surface area contributed by atoms with Gasteiger partial charge in [-0.05, 0) is 35.0 Å². The Morgan fingerprint density at radius 2 is 1.50 bits per heavy atom. The fraction of sp³-hybridized carbons (Fsp3) is 0. The van der Waals surface area contributed by atoms with E-state index in [1.165, 1.54) is 6.07 Å². The van der Waals surface area contributed by atoms with E-state index < -0.39 is 11.6 Å². The van der Waals surface area contributed by atoms with Crippen molar-refractivity contribution in [3.05, 3.63) is 71.3 Å². The Kier molecular flexibility index (Phi) is 3.28. The lowest BCUT2D eigenvalue weighted by Crippen LogP contribution is -1.93. The summed E-state index contributed by atoms with van der Waals surface area (Å²) < 4.78 is 26.1.